The van der Waals surface area contributed by atoms with E-state index in [0.29, 0.717) is 5.46 Å². The maximum atomic E-state index is 9.27. The molecule has 0 aliphatic rings. The molecule has 1 rings (SSSR count). The second kappa shape index (κ2) is 6.68. The van der Waals surface area contributed by atoms with Gasteiger partial charge in [-0.05, 0) is 17.4 Å². The summed E-state index contributed by atoms with van der Waals surface area (Å²) < 4.78 is 5.41. The van der Waals surface area contributed by atoms with Crippen molar-refractivity contribution in [2.75, 3.05) is 7.11 Å². The Hall–Kier alpha value is -0.835. The first-order valence-electron chi connectivity index (χ1n) is 5.68. The van der Waals surface area contributed by atoms with Crippen LogP contribution < -0.4 is 5.46 Å². The molecule has 0 saturated carbocycles. The van der Waals surface area contributed by atoms with Crippen molar-refractivity contribution in [1.82, 2.24) is 0 Å². The van der Waals surface area contributed by atoms with Crippen molar-refractivity contribution >= 4 is 12.6 Å². The molecule has 0 fully saturated rings. The minimum atomic E-state index is -1.43. The van der Waals surface area contributed by atoms with Crippen molar-refractivity contribution in [2.45, 2.75) is 32.3 Å². The summed E-state index contributed by atoms with van der Waals surface area (Å²) in [5.41, 5.74) is 1.40. The van der Waals surface area contributed by atoms with Gasteiger partial charge in [-0.1, -0.05) is 44.0 Å². The Morgan fingerprint density at radius 3 is 2.56 bits per heavy atom. The van der Waals surface area contributed by atoms with E-state index in [1.165, 1.54) is 0 Å². The van der Waals surface area contributed by atoms with Crippen LogP contribution in [0, 0.1) is 0 Å². The summed E-state index contributed by atoms with van der Waals surface area (Å²) in [6.45, 7) is 2.12. The summed E-state index contributed by atoms with van der Waals surface area (Å²) in [6.07, 6.45) is 3.01. The standard InChI is InChI=1S/C12H19BO3/c1-3-4-9-12(16-2)10-7-5-6-8-11(10)13(14)15/h5-8,12,14-15H,3-4,9H2,1-2H3. The van der Waals surface area contributed by atoms with Gasteiger partial charge < -0.3 is 14.8 Å². The number of unbranched alkanes of at least 4 members (excludes halogenated alkanes) is 1. The molecule has 0 bridgehead atoms. The lowest BCUT2D eigenvalue weighted by Crippen LogP contribution is -2.34. The van der Waals surface area contributed by atoms with Crippen LogP contribution in [0.5, 0.6) is 0 Å². The molecule has 16 heavy (non-hydrogen) atoms. The first kappa shape index (κ1) is 13.2. The SMILES string of the molecule is CCCCC(OC)c1ccccc1B(O)O. The molecule has 0 aliphatic carbocycles. The summed E-state index contributed by atoms with van der Waals surface area (Å²) in [5.74, 6) is 0. The van der Waals surface area contributed by atoms with Gasteiger partial charge >= 0.3 is 7.12 Å². The predicted molar refractivity (Wildman–Crippen MR) is 65.5 cm³/mol. The summed E-state index contributed by atoms with van der Waals surface area (Å²) >= 11 is 0. The van der Waals surface area contributed by atoms with Gasteiger partial charge in [-0.3, -0.25) is 0 Å². The van der Waals surface area contributed by atoms with Crippen LogP contribution in [0.15, 0.2) is 24.3 Å². The van der Waals surface area contributed by atoms with E-state index in [1.54, 1.807) is 19.2 Å². The average molecular weight is 222 g/mol. The Bertz CT molecular complexity index is 315. The van der Waals surface area contributed by atoms with Crippen LogP contribution in [0.2, 0.25) is 0 Å². The lowest BCUT2D eigenvalue weighted by Gasteiger charge is -2.18. The first-order valence-corrected chi connectivity index (χ1v) is 5.68. The van der Waals surface area contributed by atoms with Crippen LogP contribution >= 0.6 is 0 Å². The zero-order chi connectivity index (χ0) is 12.0. The number of benzene rings is 1. The van der Waals surface area contributed by atoms with Gasteiger partial charge in [0.05, 0.1) is 6.10 Å². The molecular weight excluding hydrogens is 203 g/mol. The second-order valence-electron chi connectivity index (χ2n) is 3.87. The normalized spacial score (nSPS) is 12.5. The van der Waals surface area contributed by atoms with Gasteiger partial charge in [0.15, 0.2) is 0 Å². The molecular formula is C12H19BO3. The van der Waals surface area contributed by atoms with Gasteiger partial charge in [0.1, 0.15) is 0 Å². The van der Waals surface area contributed by atoms with Crippen molar-refractivity contribution in [1.29, 1.82) is 0 Å². The second-order valence-corrected chi connectivity index (χ2v) is 3.87. The fourth-order valence-corrected chi connectivity index (χ4v) is 1.83. The topological polar surface area (TPSA) is 49.7 Å². The summed E-state index contributed by atoms with van der Waals surface area (Å²) in [6, 6.07) is 7.29. The maximum Gasteiger partial charge on any atom is 0.488 e. The van der Waals surface area contributed by atoms with Crippen LogP contribution in [0.25, 0.3) is 0 Å². The van der Waals surface area contributed by atoms with Crippen LogP contribution in [0.1, 0.15) is 37.9 Å². The molecule has 0 saturated heterocycles. The summed E-state index contributed by atoms with van der Waals surface area (Å²) in [5, 5.41) is 18.5. The number of hydrogen-bond acceptors (Lipinski definition) is 3. The lowest BCUT2D eigenvalue weighted by molar-refractivity contribution is 0.0942. The van der Waals surface area contributed by atoms with Crippen molar-refractivity contribution in [3.8, 4) is 0 Å². The van der Waals surface area contributed by atoms with Gasteiger partial charge in [0.25, 0.3) is 0 Å². The third-order valence-electron chi connectivity index (χ3n) is 2.73. The molecule has 88 valence electrons. The fourth-order valence-electron chi connectivity index (χ4n) is 1.83. The Kier molecular flexibility index (Phi) is 5.53. The largest absolute Gasteiger partial charge is 0.488 e. The van der Waals surface area contributed by atoms with Crippen LogP contribution in [-0.4, -0.2) is 24.3 Å². The van der Waals surface area contributed by atoms with E-state index >= 15 is 0 Å². The van der Waals surface area contributed by atoms with E-state index in [9.17, 15) is 10.0 Å². The maximum absolute atomic E-state index is 9.27. The zero-order valence-electron chi connectivity index (χ0n) is 9.89. The Balaban J connectivity index is 2.90. The molecule has 0 heterocycles. The van der Waals surface area contributed by atoms with Crippen LogP contribution in [-0.2, 0) is 4.74 Å². The Labute approximate surface area is 97.2 Å². The summed E-state index contributed by atoms with van der Waals surface area (Å²) in [4.78, 5) is 0. The molecule has 3 nitrogen and oxygen atoms in total. The van der Waals surface area contributed by atoms with Gasteiger partial charge in [0.2, 0.25) is 0 Å². The zero-order valence-corrected chi connectivity index (χ0v) is 9.89. The van der Waals surface area contributed by atoms with Crippen LogP contribution in [0.4, 0.5) is 0 Å². The minimum absolute atomic E-state index is 0.0575. The highest BCUT2D eigenvalue weighted by Gasteiger charge is 2.20. The van der Waals surface area contributed by atoms with E-state index in [-0.39, 0.29) is 6.10 Å². The molecule has 1 unspecified atom stereocenters. The molecule has 0 aliphatic heterocycles. The molecule has 1 atom stereocenters. The molecule has 4 heteroatoms. The van der Waals surface area contributed by atoms with E-state index < -0.39 is 7.12 Å². The third-order valence-corrected chi connectivity index (χ3v) is 2.73. The molecule has 1 aromatic rings. The lowest BCUT2D eigenvalue weighted by atomic mass is 9.75. The van der Waals surface area contributed by atoms with E-state index in [1.807, 2.05) is 12.1 Å². The van der Waals surface area contributed by atoms with Crippen molar-refractivity contribution < 1.29 is 14.8 Å². The monoisotopic (exact) mass is 222 g/mol. The minimum Gasteiger partial charge on any atom is -0.423 e. The summed E-state index contributed by atoms with van der Waals surface area (Å²) in [7, 11) is 0.219. The smallest absolute Gasteiger partial charge is 0.423 e. The number of rotatable bonds is 6. The Morgan fingerprint density at radius 1 is 1.31 bits per heavy atom. The molecule has 1 aromatic carbocycles. The number of hydrogen-bond donors (Lipinski definition) is 2. The molecule has 2 N–H and O–H groups in total. The number of ether oxygens (including phenoxy) is 1. The number of methoxy groups -OCH3 is 1. The molecule has 0 spiro atoms. The van der Waals surface area contributed by atoms with Crippen molar-refractivity contribution in [3.05, 3.63) is 29.8 Å². The Morgan fingerprint density at radius 2 is 2.00 bits per heavy atom. The van der Waals surface area contributed by atoms with Gasteiger partial charge in [0, 0.05) is 7.11 Å². The third kappa shape index (κ3) is 3.34. The van der Waals surface area contributed by atoms with E-state index in [0.717, 1.165) is 24.8 Å². The van der Waals surface area contributed by atoms with Gasteiger partial charge in [-0.25, -0.2) is 0 Å². The highest BCUT2D eigenvalue weighted by molar-refractivity contribution is 6.59. The predicted octanol–water partition coefficient (Wildman–Crippen LogP) is 1.24. The van der Waals surface area contributed by atoms with Gasteiger partial charge in [-0.2, -0.15) is 0 Å². The highest BCUT2D eigenvalue weighted by Crippen LogP contribution is 2.21. The van der Waals surface area contributed by atoms with E-state index in [2.05, 4.69) is 6.92 Å². The molecule has 0 amide bonds. The van der Waals surface area contributed by atoms with E-state index in [4.69, 9.17) is 4.74 Å². The van der Waals surface area contributed by atoms with Crippen molar-refractivity contribution in [2.24, 2.45) is 0 Å². The first-order chi connectivity index (χ1) is 7.70. The molecule has 0 radical (unpaired) electrons. The highest BCUT2D eigenvalue weighted by atomic mass is 16.5. The average Bonchev–Trinajstić information content (AvgIpc) is 2.30. The van der Waals surface area contributed by atoms with Crippen molar-refractivity contribution in [3.63, 3.8) is 0 Å². The quantitative estimate of drug-likeness (QED) is 0.712. The van der Waals surface area contributed by atoms with Gasteiger partial charge in [-0.15, -0.1) is 0 Å². The fraction of sp³-hybridized carbons (Fsp3) is 0.500. The molecule has 0 aromatic heterocycles. The van der Waals surface area contributed by atoms with Crippen LogP contribution in [0.3, 0.4) is 0 Å².